The van der Waals surface area contributed by atoms with Crippen molar-refractivity contribution in [3.05, 3.63) is 154 Å². The lowest BCUT2D eigenvalue weighted by molar-refractivity contribution is 0.102. The minimum atomic E-state index is -0.966. The summed E-state index contributed by atoms with van der Waals surface area (Å²) in [7, 11) is 1.67. The first kappa shape index (κ1) is 34.1. The van der Waals surface area contributed by atoms with Crippen molar-refractivity contribution in [1.82, 2.24) is 0 Å². The van der Waals surface area contributed by atoms with E-state index in [0.29, 0.717) is 12.3 Å². The van der Waals surface area contributed by atoms with Crippen molar-refractivity contribution in [3.63, 3.8) is 0 Å². The van der Waals surface area contributed by atoms with E-state index in [1.165, 1.54) is 28.3 Å². The van der Waals surface area contributed by atoms with Crippen LogP contribution in [0.4, 0.5) is 5.69 Å². The van der Waals surface area contributed by atoms with E-state index in [2.05, 4.69) is 87.6 Å². The smallest absolute Gasteiger partial charge is 0.259 e. The summed E-state index contributed by atoms with van der Waals surface area (Å²) in [6.45, 7) is 9.52. The lowest BCUT2D eigenvalue weighted by Gasteiger charge is -2.38. The van der Waals surface area contributed by atoms with Gasteiger partial charge < -0.3 is 24.6 Å². The van der Waals surface area contributed by atoms with Crippen LogP contribution in [-0.2, 0) is 11.0 Å². The highest BCUT2D eigenvalue weighted by Gasteiger charge is 2.44. The number of carbonyl (C=O) groups excluding carboxylic acids is 1. The summed E-state index contributed by atoms with van der Waals surface area (Å²) in [6.07, 6.45) is 6.49. The maximum atomic E-state index is 13.4. The highest BCUT2D eigenvalue weighted by Crippen LogP contribution is 2.58. The van der Waals surface area contributed by atoms with E-state index in [1.807, 2.05) is 42.5 Å². The van der Waals surface area contributed by atoms with Gasteiger partial charge in [-0.25, -0.2) is 0 Å². The fraction of sp³-hybridized carbons (Fsp3) is 0.213. The average Bonchev–Trinajstić information content (AvgIpc) is 3.41. The molecule has 0 radical (unpaired) electrons. The molecule has 6 heteroatoms. The molecule has 0 saturated carbocycles. The number of phenols is 1. The Morgan fingerprint density at radius 1 is 0.849 bits per heavy atom. The van der Waals surface area contributed by atoms with Crippen molar-refractivity contribution in [3.8, 4) is 34.1 Å². The molecular weight excluding hydrogens is 659 g/mol. The topological polar surface area (TPSA) is 77.0 Å². The monoisotopic (exact) mass is 701 g/mol. The second-order valence-electron chi connectivity index (χ2n) is 14.5. The Hall–Kier alpha value is -6.01. The first-order valence-electron chi connectivity index (χ1n) is 18.3. The summed E-state index contributed by atoms with van der Waals surface area (Å²) in [5, 5.41) is 15.4. The summed E-state index contributed by atoms with van der Waals surface area (Å²) in [4.78, 5) is 13.4. The van der Waals surface area contributed by atoms with Crippen LogP contribution in [0, 0.1) is 6.92 Å². The molecule has 6 aromatic carbocycles. The molecule has 0 spiro atoms. The van der Waals surface area contributed by atoms with E-state index in [0.717, 1.165) is 63.1 Å². The van der Waals surface area contributed by atoms with Gasteiger partial charge in [-0.1, -0.05) is 93.4 Å². The van der Waals surface area contributed by atoms with E-state index in [-0.39, 0.29) is 22.6 Å². The van der Waals surface area contributed by atoms with Crippen molar-refractivity contribution >= 4 is 28.4 Å². The summed E-state index contributed by atoms with van der Waals surface area (Å²) in [5.41, 5.74) is 8.44. The summed E-state index contributed by atoms with van der Waals surface area (Å²) in [6, 6.07) is 35.5. The molecule has 0 saturated heterocycles. The highest BCUT2D eigenvalue weighted by atomic mass is 16.5. The molecule has 1 atom stereocenters. The average molecular weight is 702 g/mol. The second kappa shape index (κ2) is 13.2. The van der Waals surface area contributed by atoms with Gasteiger partial charge in [0.25, 0.3) is 5.91 Å². The van der Waals surface area contributed by atoms with E-state index in [9.17, 15) is 9.90 Å². The van der Waals surface area contributed by atoms with Crippen molar-refractivity contribution in [1.29, 1.82) is 0 Å². The quantitative estimate of drug-likeness (QED) is 0.147. The van der Waals surface area contributed by atoms with Crippen LogP contribution in [0.5, 0.6) is 23.0 Å². The second-order valence-corrected chi connectivity index (χ2v) is 14.5. The van der Waals surface area contributed by atoms with Crippen LogP contribution in [0.25, 0.3) is 28.0 Å². The lowest BCUT2D eigenvalue weighted by atomic mass is 9.76. The van der Waals surface area contributed by atoms with Crippen molar-refractivity contribution in [2.24, 2.45) is 0 Å². The Bertz CT molecular complexity index is 2410. The molecule has 2 N–H and O–H groups in total. The van der Waals surface area contributed by atoms with Gasteiger partial charge in [0, 0.05) is 33.2 Å². The maximum Gasteiger partial charge on any atom is 0.259 e. The third-order valence-corrected chi connectivity index (χ3v) is 10.8. The largest absolute Gasteiger partial charge is 0.507 e. The minimum Gasteiger partial charge on any atom is -0.507 e. The number of anilines is 1. The predicted molar refractivity (Wildman–Crippen MR) is 213 cm³/mol. The Morgan fingerprint density at radius 2 is 1.57 bits per heavy atom. The number of aryl methyl sites for hydroxylation is 1. The Labute approximate surface area is 310 Å². The van der Waals surface area contributed by atoms with E-state index in [1.54, 1.807) is 25.3 Å². The molecule has 1 unspecified atom stereocenters. The number of rotatable bonds is 9. The number of ether oxygens (including phenoxy) is 3. The zero-order chi connectivity index (χ0) is 36.9. The fourth-order valence-electron chi connectivity index (χ4n) is 7.99. The molecule has 1 heterocycles. The number of aromatic hydroxyl groups is 1. The molecule has 1 aliphatic carbocycles. The zero-order valence-corrected chi connectivity index (χ0v) is 30.7. The summed E-state index contributed by atoms with van der Waals surface area (Å²) < 4.78 is 19.1. The van der Waals surface area contributed by atoms with Crippen LogP contribution in [0.1, 0.15) is 77.4 Å². The van der Waals surface area contributed by atoms with Gasteiger partial charge in [-0.05, 0) is 102 Å². The van der Waals surface area contributed by atoms with Crippen LogP contribution < -0.4 is 19.5 Å². The number of hydrogen-bond donors (Lipinski definition) is 2. The molecule has 6 aromatic rings. The van der Waals surface area contributed by atoms with Gasteiger partial charge in [0.1, 0.15) is 23.0 Å². The number of hydrogen-bond acceptors (Lipinski definition) is 5. The number of unbranched alkanes of at least 4 members (excludes halogenated alkanes) is 1. The molecule has 1 aliphatic heterocycles. The van der Waals surface area contributed by atoms with Crippen molar-refractivity contribution in [2.75, 3.05) is 19.0 Å². The molecule has 266 valence electrons. The number of benzene rings is 6. The molecular formula is C47H43NO5. The molecule has 0 aromatic heterocycles. The van der Waals surface area contributed by atoms with Gasteiger partial charge >= 0.3 is 0 Å². The van der Waals surface area contributed by atoms with Crippen LogP contribution in [0.2, 0.25) is 0 Å². The summed E-state index contributed by atoms with van der Waals surface area (Å²) >= 11 is 0. The molecule has 0 bridgehead atoms. The zero-order valence-electron chi connectivity index (χ0n) is 30.7. The number of nitrogens with one attached hydrogen (secondary N) is 1. The number of fused-ring (bicyclic) bond motifs is 8. The van der Waals surface area contributed by atoms with Crippen molar-refractivity contribution in [2.45, 2.75) is 51.6 Å². The Kier molecular flexibility index (Phi) is 8.49. The predicted octanol–water partition coefficient (Wildman–Crippen LogP) is 10.9. The number of carbonyl (C=O) groups is 1. The first-order valence-corrected chi connectivity index (χ1v) is 18.3. The normalized spacial score (nSPS) is 16.3. The number of para-hydroxylation sites is 1. The first-order chi connectivity index (χ1) is 25.6. The van der Waals surface area contributed by atoms with Crippen LogP contribution in [0.3, 0.4) is 0 Å². The van der Waals surface area contributed by atoms with Crippen molar-refractivity contribution < 1.29 is 24.1 Å². The fourth-order valence-corrected chi connectivity index (χ4v) is 7.99. The standard InChI is InChI=1S/C47H43NO5/c1-6-7-26-52-34-20-15-31(16-21-34)47(30-13-18-33(51-5)19-14-30)25-24-38-43-42(36-22-12-29(2)27-40(36)46(43,3)4)39-28-32(17-23-35(39)44(38)53-47)48-45(50)37-10-8-9-11-41(37)49/h8-25,27-28,49H,6-7,26H2,1-5H3,(H,48,50). The van der Waals surface area contributed by atoms with E-state index < -0.39 is 5.60 Å². The van der Waals surface area contributed by atoms with Gasteiger partial charge in [-0.15, -0.1) is 0 Å². The lowest BCUT2D eigenvalue weighted by Crippen LogP contribution is -2.35. The van der Waals surface area contributed by atoms with E-state index >= 15 is 0 Å². The highest BCUT2D eigenvalue weighted by molar-refractivity contribution is 6.12. The molecule has 8 rings (SSSR count). The van der Waals surface area contributed by atoms with Gasteiger partial charge in [0.2, 0.25) is 0 Å². The Balaban J connectivity index is 1.33. The molecule has 2 aliphatic rings. The van der Waals surface area contributed by atoms with Gasteiger partial charge in [-0.3, -0.25) is 4.79 Å². The van der Waals surface area contributed by atoms with Crippen LogP contribution in [0.15, 0.2) is 115 Å². The number of phenolic OH excluding ortho intramolecular Hbond substituents is 1. The number of methoxy groups -OCH3 is 1. The molecule has 53 heavy (non-hydrogen) atoms. The summed E-state index contributed by atoms with van der Waals surface area (Å²) in [5.74, 6) is 1.91. The van der Waals surface area contributed by atoms with Crippen LogP contribution in [-0.4, -0.2) is 24.7 Å². The van der Waals surface area contributed by atoms with Gasteiger partial charge in [-0.2, -0.15) is 0 Å². The molecule has 0 fully saturated rings. The van der Waals surface area contributed by atoms with Crippen LogP contribution >= 0.6 is 0 Å². The molecule has 6 nitrogen and oxygen atoms in total. The SMILES string of the molecule is CCCCOc1ccc(C2(c3ccc(OC)cc3)C=Cc3c4c(c5cc(NC(=O)c6ccccc6O)ccc5c3O2)-c2ccc(C)cc2C4(C)C)cc1. The van der Waals surface area contributed by atoms with Gasteiger partial charge in [0.15, 0.2) is 5.60 Å². The third-order valence-electron chi connectivity index (χ3n) is 10.8. The third kappa shape index (κ3) is 5.70. The maximum absolute atomic E-state index is 13.4. The van der Waals surface area contributed by atoms with E-state index in [4.69, 9.17) is 14.2 Å². The van der Waals surface area contributed by atoms with Gasteiger partial charge in [0.05, 0.1) is 19.3 Å². The Morgan fingerprint density at radius 3 is 2.26 bits per heavy atom. The molecule has 1 amide bonds. The number of amides is 1. The minimum absolute atomic E-state index is 0.0672.